The Balaban J connectivity index is 2.41. The molecule has 0 atom stereocenters. The number of aryl methyl sites for hydroxylation is 3. The molecule has 0 fully saturated rings. The highest BCUT2D eigenvalue weighted by molar-refractivity contribution is 9.10. The van der Waals surface area contributed by atoms with Gasteiger partial charge >= 0.3 is 0 Å². The van der Waals surface area contributed by atoms with Gasteiger partial charge in [0.2, 0.25) is 0 Å². The van der Waals surface area contributed by atoms with Gasteiger partial charge in [0.05, 0.1) is 0 Å². The zero-order chi connectivity index (χ0) is 14.9. The molecule has 0 bridgehead atoms. The van der Waals surface area contributed by atoms with Gasteiger partial charge in [-0.2, -0.15) is 0 Å². The normalized spacial score (nSPS) is 10.4. The van der Waals surface area contributed by atoms with E-state index in [0.29, 0.717) is 5.82 Å². The Labute approximate surface area is 127 Å². The third kappa shape index (κ3) is 2.90. The molecular formula is C16H17BrN2O. The lowest BCUT2D eigenvalue weighted by atomic mass is 9.99. The number of benzene rings is 1. The summed E-state index contributed by atoms with van der Waals surface area (Å²) < 4.78 is 0.902. The van der Waals surface area contributed by atoms with E-state index in [1.165, 1.54) is 5.56 Å². The maximum atomic E-state index is 12.7. The molecule has 0 saturated carbocycles. The fraction of sp³-hybridized carbons (Fsp3) is 0.250. The molecule has 2 aromatic rings. The molecule has 0 unspecified atom stereocenters. The number of halogens is 1. The highest BCUT2D eigenvalue weighted by Gasteiger charge is 2.19. The molecule has 0 aliphatic rings. The van der Waals surface area contributed by atoms with Crippen molar-refractivity contribution in [1.29, 1.82) is 0 Å². The molecule has 0 N–H and O–H groups in total. The van der Waals surface area contributed by atoms with Gasteiger partial charge in [-0.25, -0.2) is 4.98 Å². The average Bonchev–Trinajstić information content (AvgIpc) is 2.36. The Morgan fingerprint density at radius 2 is 1.75 bits per heavy atom. The van der Waals surface area contributed by atoms with Crippen molar-refractivity contribution < 1.29 is 4.79 Å². The monoisotopic (exact) mass is 332 g/mol. The second-order valence-electron chi connectivity index (χ2n) is 4.97. The van der Waals surface area contributed by atoms with Gasteiger partial charge < -0.3 is 0 Å². The van der Waals surface area contributed by atoms with Crippen LogP contribution >= 0.6 is 15.9 Å². The third-order valence-corrected chi connectivity index (χ3v) is 3.74. The molecule has 20 heavy (non-hydrogen) atoms. The Hall–Kier alpha value is -1.68. The second kappa shape index (κ2) is 5.75. The van der Waals surface area contributed by atoms with E-state index in [-0.39, 0.29) is 5.91 Å². The van der Waals surface area contributed by atoms with E-state index in [9.17, 15) is 4.79 Å². The molecule has 1 amide bonds. The lowest BCUT2D eigenvalue weighted by molar-refractivity contribution is 0.0991. The summed E-state index contributed by atoms with van der Waals surface area (Å²) in [6.45, 7) is 5.97. The number of anilines is 1. The maximum Gasteiger partial charge on any atom is 0.259 e. The molecule has 1 aromatic heterocycles. The minimum Gasteiger partial charge on any atom is -0.296 e. The summed E-state index contributed by atoms with van der Waals surface area (Å²) in [6, 6.07) is 7.73. The van der Waals surface area contributed by atoms with E-state index in [1.54, 1.807) is 18.1 Å². The van der Waals surface area contributed by atoms with E-state index in [4.69, 9.17) is 0 Å². The number of pyridine rings is 1. The summed E-state index contributed by atoms with van der Waals surface area (Å²) in [5.74, 6) is 0.592. The molecule has 104 valence electrons. The summed E-state index contributed by atoms with van der Waals surface area (Å²) in [7, 11) is 1.75. The van der Waals surface area contributed by atoms with Crippen LogP contribution in [0.4, 0.5) is 5.82 Å². The molecule has 4 heteroatoms. The van der Waals surface area contributed by atoms with Crippen LogP contribution in [0.15, 0.2) is 34.9 Å². The molecule has 0 radical (unpaired) electrons. The summed E-state index contributed by atoms with van der Waals surface area (Å²) in [5, 5.41) is 0. The van der Waals surface area contributed by atoms with E-state index in [1.807, 2.05) is 45.0 Å². The lowest BCUT2D eigenvalue weighted by Gasteiger charge is -2.19. The van der Waals surface area contributed by atoms with Gasteiger partial charge in [-0.15, -0.1) is 0 Å². The van der Waals surface area contributed by atoms with Gasteiger partial charge in [-0.05, 0) is 44.0 Å². The molecule has 0 saturated heterocycles. The van der Waals surface area contributed by atoms with Crippen molar-refractivity contribution >= 4 is 27.7 Å². The van der Waals surface area contributed by atoms with Gasteiger partial charge in [0.25, 0.3) is 5.91 Å². The Morgan fingerprint density at radius 3 is 2.30 bits per heavy atom. The fourth-order valence-corrected chi connectivity index (χ4v) is 2.69. The lowest BCUT2D eigenvalue weighted by Crippen LogP contribution is -2.28. The maximum absolute atomic E-state index is 12.7. The molecule has 1 aromatic carbocycles. The predicted molar refractivity (Wildman–Crippen MR) is 85.3 cm³/mol. The van der Waals surface area contributed by atoms with Crippen molar-refractivity contribution in [2.75, 3.05) is 11.9 Å². The van der Waals surface area contributed by atoms with Crippen molar-refractivity contribution in [2.45, 2.75) is 20.8 Å². The van der Waals surface area contributed by atoms with Crippen molar-refractivity contribution in [3.8, 4) is 0 Å². The van der Waals surface area contributed by atoms with Crippen LogP contribution in [0.5, 0.6) is 0 Å². The summed E-state index contributed by atoms with van der Waals surface area (Å²) in [5.41, 5.74) is 3.91. The number of aromatic nitrogens is 1. The smallest absolute Gasteiger partial charge is 0.259 e. The van der Waals surface area contributed by atoms with Crippen molar-refractivity contribution in [3.05, 3.63) is 57.2 Å². The van der Waals surface area contributed by atoms with Crippen LogP contribution in [0.3, 0.4) is 0 Å². The number of amides is 1. The van der Waals surface area contributed by atoms with Crippen molar-refractivity contribution in [3.63, 3.8) is 0 Å². The van der Waals surface area contributed by atoms with Gasteiger partial charge in [-0.3, -0.25) is 9.69 Å². The Kier molecular flexibility index (Phi) is 4.23. The number of rotatable bonds is 2. The Morgan fingerprint density at radius 1 is 1.15 bits per heavy atom. The minimum absolute atomic E-state index is 0.0365. The average molecular weight is 333 g/mol. The predicted octanol–water partition coefficient (Wildman–Crippen LogP) is 4.05. The number of hydrogen-bond acceptors (Lipinski definition) is 2. The van der Waals surface area contributed by atoms with Crippen molar-refractivity contribution in [1.82, 2.24) is 4.98 Å². The highest BCUT2D eigenvalue weighted by Crippen LogP contribution is 2.22. The number of nitrogens with zero attached hydrogens (tertiary/aromatic N) is 2. The minimum atomic E-state index is -0.0365. The molecule has 1 heterocycles. The molecule has 3 nitrogen and oxygen atoms in total. The van der Waals surface area contributed by atoms with Gasteiger partial charge in [0, 0.05) is 23.3 Å². The standard InChI is InChI=1S/C16H17BrN2O/c1-10-7-11(2)15(12(3)8-10)16(20)19(4)14-9-13(17)5-6-18-14/h5-9H,1-4H3. The molecule has 0 spiro atoms. The highest BCUT2D eigenvalue weighted by atomic mass is 79.9. The van der Waals surface area contributed by atoms with Gasteiger partial charge in [-0.1, -0.05) is 33.6 Å². The van der Waals surface area contributed by atoms with Crippen LogP contribution in [-0.4, -0.2) is 17.9 Å². The summed E-state index contributed by atoms with van der Waals surface area (Å²) >= 11 is 3.40. The zero-order valence-corrected chi connectivity index (χ0v) is 13.7. The van der Waals surface area contributed by atoms with E-state index in [0.717, 1.165) is 21.2 Å². The van der Waals surface area contributed by atoms with Gasteiger partial charge in [0.1, 0.15) is 5.82 Å². The number of carbonyl (C=O) groups excluding carboxylic acids is 1. The summed E-state index contributed by atoms with van der Waals surface area (Å²) in [4.78, 5) is 18.5. The van der Waals surface area contributed by atoms with E-state index >= 15 is 0 Å². The molecule has 2 rings (SSSR count). The number of carbonyl (C=O) groups is 1. The van der Waals surface area contributed by atoms with Crippen molar-refractivity contribution in [2.24, 2.45) is 0 Å². The van der Waals surface area contributed by atoms with Crippen LogP contribution in [0.2, 0.25) is 0 Å². The first-order valence-electron chi connectivity index (χ1n) is 6.37. The first kappa shape index (κ1) is 14.7. The first-order chi connectivity index (χ1) is 9.40. The SMILES string of the molecule is Cc1cc(C)c(C(=O)N(C)c2cc(Br)ccn2)c(C)c1. The molecular weight excluding hydrogens is 316 g/mol. The topological polar surface area (TPSA) is 33.2 Å². The quantitative estimate of drug-likeness (QED) is 0.831. The second-order valence-corrected chi connectivity index (χ2v) is 5.89. The largest absolute Gasteiger partial charge is 0.296 e. The van der Waals surface area contributed by atoms with Crippen LogP contribution in [0.1, 0.15) is 27.0 Å². The van der Waals surface area contributed by atoms with Crippen LogP contribution in [0, 0.1) is 20.8 Å². The third-order valence-electron chi connectivity index (χ3n) is 3.25. The fourth-order valence-electron chi connectivity index (χ4n) is 2.37. The van der Waals surface area contributed by atoms with Crippen LogP contribution in [-0.2, 0) is 0 Å². The Bertz CT molecular complexity index is 644. The van der Waals surface area contributed by atoms with Crippen LogP contribution < -0.4 is 4.90 Å². The zero-order valence-electron chi connectivity index (χ0n) is 12.1. The van der Waals surface area contributed by atoms with E-state index in [2.05, 4.69) is 20.9 Å². The van der Waals surface area contributed by atoms with Gasteiger partial charge in [0.15, 0.2) is 0 Å². The van der Waals surface area contributed by atoms with Crippen LogP contribution in [0.25, 0.3) is 0 Å². The first-order valence-corrected chi connectivity index (χ1v) is 7.17. The number of hydrogen-bond donors (Lipinski definition) is 0. The summed E-state index contributed by atoms with van der Waals surface area (Å²) in [6.07, 6.45) is 1.68. The van der Waals surface area contributed by atoms with E-state index < -0.39 is 0 Å². The molecule has 0 aliphatic carbocycles. The molecule has 0 aliphatic heterocycles.